The minimum absolute atomic E-state index is 0.00477. The Morgan fingerprint density at radius 1 is 0.800 bits per heavy atom. The fourth-order valence-electron chi connectivity index (χ4n) is 2.35. The zero-order valence-corrected chi connectivity index (χ0v) is 14.7. The van der Waals surface area contributed by atoms with Gasteiger partial charge < -0.3 is 4.74 Å². The molecule has 0 spiro atoms. The minimum atomic E-state index is -0.00477. The summed E-state index contributed by atoms with van der Waals surface area (Å²) in [5, 5.41) is 0. The zero-order chi connectivity index (χ0) is 17.5. The number of ether oxygens (including phenoxy) is 1. The van der Waals surface area contributed by atoms with Crippen molar-refractivity contribution in [1.29, 1.82) is 0 Å². The van der Waals surface area contributed by atoms with E-state index in [1.54, 1.807) is 24.9 Å². The van der Waals surface area contributed by atoms with Gasteiger partial charge in [-0.1, -0.05) is 72.4 Å². The largest absolute Gasteiger partial charge is 0.497 e. The summed E-state index contributed by atoms with van der Waals surface area (Å²) in [6.45, 7) is 0. The summed E-state index contributed by atoms with van der Waals surface area (Å²) in [6.07, 6.45) is 1.70. The fraction of sp³-hybridized carbons (Fsp3) is 0.0455. The van der Waals surface area contributed by atoms with Crippen LogP contribution < -0.4 is 4.74 Å². The van der Waals surface area contributed by atoms with Gasteiger partial charge in [0.2, 0.25) is 0 Å². The molecular formula is C22H18O2S. The van der Waals surface area contributed by atoms with Crippen molar-refractivity contribution < 1.29 is 9.53 Å². The number of methoxy groups -OCH3 is 1. The SMILES string of the molecule is COc1ccc(/C(=C/C(=O)c2ccccc2)Sc2ccccc2)cc1. The molecule has 0 bridgehead atoms. The Morgan fingerprint density at radius 3 is 2.00 bits per heavy atom. The Bertz CT molecular complexity index is 854. The molecule has 0 aliphatic carbocycles. The molecule has 0 aliphatic rings. The van der Waals surface area contributed by atoms with Gasteiger partial charge in [-0.05, 0) is 29.8 Å². The van der Waals surface area contributed by atoms with E-state index in [1.165, 1.54) is 0 Å². The van der Waals surface area contributed by atoms with Crippen LogP contribution in [0.5, 0.6) is 5.75 Å². The predicted octanol–water partition coefficient (Wildman–Crippen LogP) is 5.71. The second kappa shape index (κ2) is 8.36. The van der Waals surface area contributed by atoms with E-state index in [1.807, 2.05) is 84.9 Å². The van der Waals surface area contributed by atoms with Gasteiger partial charge in [0, 0.05) is 21.4 Å². The lowest BCUT2D eigenvalue weighted by Gasteiger charge is -2.09. The number of ketones is 1. The van der Waals surface area contributed by atoms with Crippen LogP contribution in [0.4, 0.5) is 0 Å². The number of rotatable bonds is 6. The average Bonchev–Trinajstić information content (AvgIpc) is 2.69. The Labute approximate surface area is 152 Å². The maximum atomic E-state index is 12.6. The molecule has 3 rings (SSSR count). The van der Waals surface area contributed by atoms with Gasteiger partial charge in [-0.3, -0.25) is 4.79 Å². The molecule has 0 aliphatic heterocycles. The molecule has 0 heterocycles. The first-order valence-electron chi connectivity index (χ1n) is 7.94. The minimum Gasteiger partial charge on any atom is -0.497 e. The highest BCUT2D eigenvalue weighted by molar-refractivity contribution is 8.08. The van der Waals surface area contributed by atoms with Gasteiger partial charge in [0.1, 0.15) is 5.75 Å². The molecule has 3 aromatic rings. The van der Waals surface area contributed by atoms with Crippen LogP contribution in [0.25, 0.3) is 4.91 Å². The van der Waals surface area contributed by atoms with Crippen molar-refractivity contribution in [3.63, 3.8) is 0 Å². The molecule has 0 N–H and O–H groups in total. The maximum absolute atomic E-state index is 12.6. The zero-order valence-electron chi connectivity index (χ0n) is 13.9. The van der Waals surface area contributed by atoms with Crippen molar-refractivity contribution in [2.24, 2.45) is 0 Å². The van der Waals surface area contributed by atoms with Crippen LogP contribution in [0.2, 0.25) is 0 Å². The van der Waals surface area contributed by atoms with Gasteiger partial charge in [0.15, 0.2) is 5.78 Å². The molecule has 0 unspecified atom stereocenters. The smallest absolute Gasteiger partial charge is 0.186 e. The van der Waals surface area contributed by atoms with Crippen molar-refractivity contribution in [3.05, 3.63) is 102 Å². The van der Waals surface area contributed by atoms with Crippen LogP contribution >= 0.6 is 11.8 Å². The van der Waals surface area contributed by atoms with Crippen molar-refractivity contribution in [2.75, 3.05) is 7.11 Å². The number of thioether (sulfide) groups is 1. The third-order valence-corrected chi connectivity index (χ3v) is 4.75. The summed E-state index contributed by atoms with van der Waals surface area (Å²) in [5.41, 5.74) is 1.67. The second-order valence-corrected chi connectivity index (χ2v) is 6.50. The Kier molecular flexibility index (Phi) is 5.70. The lowest BCUT2D eigenvalue weighted by molar-refractivity contribution is 0.104. The Balaban J connectivity index is 1.95. The predicted molar refractivity (Wildman–Crippen MR) is 104 cm³/mol. The first kappa shape index (κ1) is 17.1. The molecular weight excluding hydrogens is 328 g/mol. The molecule has 0 saturated carbocycles. The molecule has 0 atom stereocenters. The van der Waals surface area contributed by atoms with Crippen LogP contribution in [0.1, 0.15) is 15.9 Å². The number of carbonyl (C=O) groups is 1. The number of benzene rings is 3. The van der Waals surface area contributed by atoms with E-state index in [4.69, 9.17) is 4.74 Å². The third kappa shape index (κ3) is 4.61. The van der Waals surface area contributed by atoms with Gasteiger partial charge in [0.05, 0.1) is 7.11 Å². The molecule has 0 amide bonds. The van der Waals surface area contributed by atoms with Crippen LogP contribution in [0.3, 0.4) is 0 Å². The van der Waals surface area contributed by atoms with E-state index in [9.17, 15) is 4.79 Å². The molecule has 0 fully saturated rings. The number of hydrogen-bond acceptors (Lipinski definition) is 3. The van der Waals surface area contributed by atoms with E-state index in [0.29, 0.717) is 5.56 Å². The van der Waals surface area contributed by atoms with E-state index in [0.717, 1.165) is 21.1 Å². The van der Waals surface area contributed by atoms with Crippen molar-refractivity contribution in [1.82, 2.24) is 0 Å². The van der Waals surface area contributed by atoms with Gasteiger partial charge in [-0.25, -0.2) is 0 Å². The van der Waals surface area contributed by atoms with Crippen molar-refractivity contribution in [2.45, 2.75) is 4.90 Å². The molecule has 2 nitrogen and oxygen atoms in total. The quantitative estimate of drug-likeness (QED) is 0.325. The highest BCUT2D eigenvalue weighted by Gasteiger charge is 2.09. The standard InChI is InChI=1S/C22H18O2S/c1-24-19-14-12-18(13-15-19)22(25-20-10-6-3-7-11-20)16-21(23)17-8-4-2-5-9-17/h2-16H,1H3/b22-16-. The van der Waals surface area contributed by atoms with Gasteiger partial charge in [-0.15, -0.1) is 0 Å². The van der Waals surface area contributed by atoms with Crippen molar-refractivity contribution in [3.8, 4) is 5.75 Å². The van der Waals surface area contributed by atoms with Crippen molar-refractivity contribution >= 4 is 22.5 Å². The summed E-state index contributed by atoms with van der Waals surface area (Å²) >= 11 is 1.58. The summed E-state index contributed by atoms with van der Waals surface area (Å²) < 4.78 is 5.22. The first-order valence-corrected chi connectivity index (χ1v) is 8.76. The van der Waals surface area contributed by atoms with E-state index < -0.39 is 0 Å². The van der Waals surface area contributed by atoms with E-state index in [-0.39, 0.29) is 5.78 Å². The normalized spacial score (nSPS) is 11.2. The summed E-state index contributed by atoms with van der Waals surface area (Å²) in [7, 11) is 1.64. The molecule has 0 radical (unpaired) electrons. The summed E-state index contributed by atoms with van der Waals surface area (Å²) in [6, 6.07) is 27.1. The summed E-state index contributed by atoms with van der Waals surface area (Å²) in [5.74, 6) is 0.789. The van der Waals surface area contributed by atoms with E-state index >= 15 is 0 Å². The van der Waals surface area contributed by atoms with Crippen LogP contribution in [0.15, 0.2) is 95.9 Å². The average molecular weight is 346 g/mol. The lowest BCUT2D eigenvalue weighted by atomic mass is 10.1. The topological polar surface area (TPSA) is 26.3 Å². The maximum Gasteiger partial charge on any atom is 0.186 e. The van der Waals surface area contributed by atoms with Crippen LogP contribution in [0, 0.1) is 0 Å². The highest BCUT2D eigenvalue weighted by atomic mass is 32.2. The molecule has 25 heavy (non-hydrogen) atoms. The first-order chi connectivity index (χ1) is 12.3. The molecule has 3 aromatic carbocycles. The third-order valence-electron chi connectivity index (χ3n) is 3.67. The molecule has 3 heteroatoms. The lowest BCUT2D eigenvalue weighted by Crippen LogP contribution is -1.95. The summed E-state index contributed by atoms with van der Waals surface area (Å²) in [4.78, 5) is 14.6. The second-order valence-electron chi connectivity index (χ2n) is 5.38. The Morgan fingerprint density at radius 2 is 1.40 bits per heavy atom. The number of allylic oxidation sites excluding steroid dienone is 1. The van der Waals surface area contributed by atoms with Gasteiger partial charge in [0.25, 0.3) is 0 Å². The molecule has 0 aromatic heterocycles. The monoisotopic (exact) mass is 346 g/mol. The fourth-order valence-corrected chi connectivity index (χ4v) is 3.31. The van der Waals surface area contributed by atoms with E-state index in [2.05, 4.69) is 0 Å². The molecule has 0 saturated heterocycles. The van der Waals surface area contributed by atoms with Crippen LogP contribution in [-0.2, 0) is 0 Å². The van der Waals surface area contributed by atoms with Gasteiger partial charge in [-0.2, -0.15) is 0 Å². The van der Waals surface area contributed by atoms with Gasteiger partial charge >= 0.3 is 0 Å². The number of hydrogen-bond donors (Lipinski definition) is 0. The number of carbonyl (C=O) groups excluding carboxylic acids is 1. The highest BCUT2D eigenvalue weighted by Crippen LogP contribution is 2.35. The molecule has 124 valence electrons. The Hall–Kier alpha value is -2.78. The van der Waals surface area contributed by atoms with Crippen LogP contribution in [-0.4, -0.2) is 12.9 Å².